The lowest BCUT2D eigenvalue weighted by molar-refractivity contribution is 0.127. The van der Waals surface area contributed by atoms with Gasteiger partial charge in [0.2, 0.25) is 0 Å². The number of nitrogens with two attached hydrogens (primary N) is 1. The van der Waals surface area contributed by atoms with Crippen LogP contribution in [0.2, 0.25) is 0 Å². The highest BCUT2D eigenvalue weighted by molar-refractivity contribution is 7.10. The molecule has 0 saturated carbocycles. The fourth-order valence-corrected chi connectivity index (χ4v) is 2.39. The van der Waals surface area contributed by atoms with E-state index in [9.17, 15) is 0 Å². The minimum atomic E-state index is 0.162. The molecule has 0 aliphatic carbocycles. The Balaban J connectivity index is 2.54. The number of hydrogen-bond acceptors (Lipinski definition) is 5. The van der Waals surface area contributed by atoms with Gasteiger partial charge in [0.1, 0.15) is 0 Å². The maximum absolute atomic E-state index is 9.02. The highest BCUT2D eigenvalue weighted by Gasteiger charge is 2.07. The van der Waals surface area contributed by atoms with Crippen molar-refractivity contribution in [3.8, 4) is 11.8 Å². The smallest absolute Gasteiger partial charge is 0.0589 e. The van der Waals surface area contributed by atoms with Gasteiger partial charge in [-0.2, -0.15) is 0 Å². The lowest BCUT2D eigenvalue weighted by Crippen LogP contribution is -2.29. The van der Waals surface area contributed by atoms with E-state index in [-0.39, 0.29) is 6.61 Å². The lowest BCUT2D eigenvalue weighted by Gasteiger charge is -2.19. The van der Waals surface area contributed by atoms with Gasteiger partial charge in [-0.15, -0.1) is 11.3 Å². The van der Waals surface area contributed by atoms with Crippen molar-refractivity contribution in [2.75, 3.05) is 40.0 Å². The third-order valence-corrected chi connectivity index (χ3v) is 3.32. The summed E-state index contributed by atoms with van der Waals surface area (Å²) in [5, 5.41) is 11.1. The molecule has 0 spiro atoms. The van der Waals surface area contributed by atoms with Gasteiger partial charge in [-0.1, -0.05) is 11.8 Å². The summed E-state index contributed by atoms with van der Waals surface area (Å²) in [5.41, 5.74) is 6.35. The Morgan fingerprint density at radius 3 is 3.00 bits per heavy atom. The minimum Gasteiger partial charge on any atom is -0.395 e. The monoisotopic (exact) mass is 268 g/mol. The van der Waals surface area contributed by atoms with Crippen LogP contribution in [0.5, 0.6) is 0 Å². The Bertz CT molecular complexity index is 395. The maximum Gasteiger partial charge on any atom is 0.0589 e. The van der Waals surface area contributed by atoms with Gasteiger partial charge >= 0.3 is 0 Å². The highest BCUT2D eigenvalue weighted by Crippen LogP contribution is 2.16. The average Bonchev–Trinajstić information content (AvgIpc) is 2.81. The SMILES string of the molecule is COCCN(CCO)Cc1cc(C#CCN)cs1. The predicted molar refractivity (Wildman–Crippen MR) is 74.5 cm³/mol. The summed E-state index contributed by atoms with van der Waals surface area (Å²) in [5.74, 6) is 5.86. The van der Waals surface area contributed by atoms with E-state index in [4.69, 9.17) is 15.6 Å². The molecular formula is C13H20N2O2S. The second kappa shape index (κ2) is 9.09. The number of hydrogen-bond donors (Lipinski definition) is 2. The molecule has 0 amide bonds. The van der Waals surface area contributed by atoms with Gasteiger partial charge in [0, 0.05) is 42.6 Å². The minimum absolute atomic E-state index is 0.162. The first-order chi connectivity index (χ1) is 8.80. The van der Waals surface area contributed by atoms with Gasteiger partial charge in [0.25, 0.3) is 0 Å². The molecule has 0 bridgehead atoms. The topological polar surface area (TPSA) is 58.7 Å². The van der Waals surface area contributed by atoms with Gasteiger partial charge in [-0.25, -0.2) is 0 Å². The summed E-state index contributed by atoms with van der Waals surface area (Å²) in [6, 6.07) is 2.07. The molecule has 0 aromatic carbocycles. The first-order valence-electron chi connectivity index (χ1n) is 5.88. The number of aliphatic hydroxyl groups is 1. The van der Waals surface area contributed by atoms with Crippen molar-refractivity contribution in [2.45, 2.75) is 6.54 Å². The zero-order valence-electron chi connectivity index (χ0n) is 10.7. The Morgan fingerprint density at radius 1 is 1.50 bits per heavy atom. The molecule has 1 rings (SSSR count). The normalized spacial score (nSPS) is 10.4. The van der Waals surface area contributed by atoms with Crippen LogP contribution >= 0.6 is 11.3 Å². The third kappa shape index (κ3) is 5.63. The molecule has 1 aromatic rings. The molecule has 0 saturated heterocycles. The zero-order valence-corrected chi connectivity index (χ0v) is 11.5. The van der Waals surface area contributed by atoms with Crippen LogP contribution in [0.15, 0.2) is 11.4 Å². The summed E-state index contributed by atoms with van der Waals surface area (Å²) in [6.07, 6.45) is 0. The van der Waals surface area contributed by atoms with Crippen LogP contribution in [-0.2, 0) is 11.3 Å². The number of nitrogens with zero attached hydrogens (tertiary/aromatic N) is 1. The molecule has 0 aliphatic rings. The van der Waals surface area contributed by atoms with Crippen molar-refractivity contribution < 1.29 is 9.84 Å². The van der Waals surface area contributed by atoms with E-state index in [2.05, 4.69) is 22.8 Å². The number of ether oxygens (including phenoxy) is 1. The predicted octanol–water partition coefficient (Wildman–Crippen LogP) is 0.499. The largest absolute Gasteiger partial charge is 0.395 e. The van der Waals surface area contributed by atoms with Gasteiger partial charge < -0.3 is 15.6 Å². The van der Waals surface area contributed by atoms with Crippen LogP contribution in [0.3, 0.4) is 0 Å². The number of rotatable bonds is 7. The summed E-state index contributed by atoms with van der Waals surface area (Å²) in [6.45, 7) is 3.51. The second-order valence-corrected chi connectivity index (χ2v) is 4.80. The van der Waals surface area contributed by atoms with Gasteiger partial charge in [-0.05, 0) is 6.07 Å². The Kier molecular flexibility index (Phi) is 7.65. The van der Waals surface area contributed by atoms with E-state index in [0.29, 0.717) is 19.7 Å². The van der Waals surface area contributed by atoms with Crippen molar-refractivity contribution in [3.63, 3.8) is 0 Å². The number of aliphatic hydroxyl groups excluding tert-OH is 1. The van der Waals surface area contributed by atoms with E-state index in [1.165, 1.54) is 4.88 Å². The first kappa shape index (κ1) is 15.2. The Morgan fingerprint density at radius 2 is 2.33 bits per heavy atom. The summed E-state index contributed by atoms with van der Waals surface area (Å²) >= 11 is 1.68. The standard InChI is InChI=1S/C13H20N2O2S/c1-17-8-6-15(5-7-16)10-13-9-12(11-18-13)3-2-4-14/h9,11,16H,4-8,10,14H2,1H3. The van der Waals surface area contributed by atoms with Crippen molar-refractivity contribution in [1.82, 2.24) is 4.90 Å². The van der Waals surface area contributed by atoms with Crippen molar-refractivity contribution in [1.29, 1.82) is 0 Å². The second-order valence-electron chi connectivity index (χ2n) is 3.80. The molecule has 1 aromatic heterocycles. The van der Waals surface area contributed by atoms with Crippen LogP contribution in [0, 0.1) is 11.8 Å². The van der Waals surface area contributed by atoms with Gasteiger partial charge in [0.15, 0.2) is 0 Å². The quantitative estimate of drug-likeness (QED) is 0.707. The average molecular weight is 268 g/mol. The molecule has 0 radical (unpaired) electrons. The lowest BCUT2D eigenvalue weighted by atomic mass is 10.3. The molecule has 0 unspecified atom stereocenters. The summed E-state index contributed by atoms with van der Waals surface area (Å²) < 4.78 is 5.06. The van der Waals surface area contributed by atoms with Crippen LogP contribution in [0.25, 0.3) is 0 Å². The summed E-state index contributed by atoms with van der Waals surface area (Å²) in [4.78, 5) is 3.40. The molecule has 5 heteroatoms. The fourth-order valence-electron chi connectivity index (χ4n) is 1.53. The van der Waals surface area contributed by atoms with E-state index in [0.717, 1.165) is 18.7 Å². The molecule has 0 fully saturated rings. The zero-order chi connectivity index (χ0) is 13.2. The molecule has 0 aliphatic heterocycles. The fraction of sp³-hybridized carbons (Fsp3) is 0.538. The van der Waals surface area contributed by atoms with Crippen LogP contribution < -0.4 is 5.73 Å². The van der Waals surface area contributed by atoms with Crippen LogP contribution in [0.1, 0.15) is 10.4 Å². The molecule has 18 heavy (non-hydrogen) atoms. The van der Waals surface area contributed by atoms with Crippen LogP contribution in [0.4, 0.5) is 0 Å². The first-order valence-corrected chi connectivity index (χ1v) is 6.76. The Hall–Kier alpha value is -0.900. The molecular weight excluding hydrogens is 248 g/mol. The highest BCUT2D eigenvalue weighted by atomic mass is 32.1. The van der Waals surface area contributed by atoms with Gasteiger partial charge in [0.05, 0.1) is 19.8 Å². The molecule has 100 valence electrons. The van der Waals surface area contributed by atoms with Crippen molar-refractivity contribution >= 4 is 11.3 Å². The number of methoxy groups -OCH3 is 1. The van der Waals surface area contributed by atoms with Gasteiger partial charge in [-0.3, -0.25) is 4.90 Å². The Labute approximate surface area is 112 Å². The molecule has 4 nitrogen and oxygen atoms in total. The van der Waals surface area contributed by atoms with Crippen molar-refractivity contribution in [2.24, 2.45) is 5.73 Å². The number of thiophene rings is 1. The van der Waals surface area contributed by atoms with E-state index < -0.39 is 0 Å². The molecule has 0 atom stereocenters. The van der Waals surface area contributed by atoms with Crippen molar-refractivity contribution in [3.05, 3.63) is 21.9 Å². The maximum atomic E-state index is 9.02. The third-order valence-electron chi connectivity index (χ3n) is 2.40. The van der Waals surface area contributed by atoms with Crippen LogP contribution in [-0.4, -0.2) is 50.0 Å². The summed E-state index contributed by atoms with van der Waals surface area (Å²) in [7, 11) is 1.68. The van der Waals surface area contributed by atoms with E-state index >= 15 is 0 Å². The molecule has 1 heterocycles. The van der Waals surface area contributed by atoms with E-state index in [1.807, 2.05) is 5.38 Å². The molecule has 3 N–H and O–H groups in total. The van der Waals surface area contributed by atoms with E-state index in [1.54, 1.807) is 18.4 Å².